The van der Waals surface area contributed by atoms with Gasteiger partial charge in [0.25, 0.3) is 0 Å². The summed E-state index contributed by atoms with van der Waals surface area (Å²) in [5.41, 5.74) is 1.40. The maximum atomic E-state index is 11.6. The summed E-state index contributed by atoms with van der Waals surface area (Å²) < 4.78 is 0. The Labute approximate surface area is 110 Å². The molecule has 0 aromatic heterocycles. The highest BCUT2D eigenvalue weighted by atomic mass is 16.4. The number of rotatable bonds is 6. The van der Waals surface area contributed by atoms with Gasteiger partial charge in [0, 0.05) is 0 Å². The highest BCUT2D eigenvalue weighted by Gasteiger charge is 2.35. The average Bonchev–Trinajstić information content (AvgIpc) is 2.29. The number of aliphatic carboxylic acids is 1. The Balaban J connectivity index is 3.03. The van der Waals surface area contributed by atoms with Crippen LogP contribution in [0.1, 0.15) is 51.7 Å². The molecule has 0 amide bonds. The topological polar surface area (TPSA) is 37.3 Å². The Morgan fingerprint density at radius 1 is 1.28 bits per heavy atom. The number of carboxylic acids is 1. The van der Waals surface area contributed by atoms with Crippen LogP contribution in [-0.4, -0.2) is 11.1 Å². The molecular weight excluding hydrogens is 224 g/mol. The summed E-state index contributed by atoms with van der Waals surface area (Å²) in [6.45, 7) is 8.09. The lowest BCUT2D eigenvalue weighted by atomic mass is 9.76. The first-order valence-electron chi connectivity index (χ1n) is 6.73. The van der Waals surface area contributed by atoms with E-state index in [0.717, 1.165) is 18.4 Å². The van der Waals surface area contributed by atoms with E-state index in [1.807, 2.05) is 19.1 Å². The summed E-state index contributed by atoms with van der Waals surface area (Å²) >= 11 is 0. The van der Waals surface area contributed by atoms with Crippen molar-refractivity contribution in [2.75, 3.05) is 0 Å². The van der Waals surface area contributed by atoms with Crippen LogP contribution in [0.4, 0.5) is 0 Å². The quantitative estimate of drug-likeness (QED) is 0.825. The third-order valence-electron chi connectivity index (χ3n) is 3.42. The molecule has 0 saturated carbocycles. The van der Waals surface area contributed by atoms with Crippen LogP contribution < -0.4 is 0 Å². The second-order valence-electron chi connectivity index (χ2n) is 5.68. The molecule has 0 saturated heterocycles. The molecule has 0 aliphatic carbocycles. The molecule has 2 nitrogen and oxygen atoms in total. The van der Waals surface area contributed by atoms with E-state index in [9.17, 15) is 9.90 Å². The molecule has 1 unspecified atom stereocenters. The molecule has 1 aromatic rings. The predicted molar refractivity (Wildman–Crippen MR) is 74.9 cm³/mol. The van der Waals surface area contributed by atoms with Gasteiger partial charge in [0.15, 0.2) is 0 Å². The van der Waals surface area contributed by atoms with Crippen LogP contribution in [0.25, 0.3) is 0 Å². The van der Waals surface area contributed by atoms with Crippen molar-refractivity contribution in [1.82, 2.24) is 0 Å². The molecule has 1 aromatic carbocycles. The second kappa shape index (κ2) is 6.03. The number of benzene rings is 1. The van der Waals surface area contributed by atoms with Crippen LogP contribution in [0.5, 0.6) is 0 Å². The van der Waals surface area contributed by atoms with Crippen molar-refractivity contribution >= 4 is 5.97 Å². The molecule has 0 radical (unpaired) electrons. The number of hydrogen-bond acceptors (Lipinski definition) is 1. The van der Waals surface area contributed by atoms with Crippen LogP contribution in [0, 0.1) is 5.92 Å². The fourth-order valence-corrected chi connectivity index (χ4v) is 2.47. The first-order chi connectivity index (χ1) is 8.40. The summed E-state index contributed by atoms with van der Waals surface area (Å²) in [6, 6.07) is 8.06. The number of carbonyl (C=O) groups is 1. The first-order valence-corrected chi connectivity index (χ1v) is 6.73. The van der Waals surface area contributed by atoms with Crippen molar-refractivity contribution < 1.29 is 9.90 Å². The molecule has 100 valence electrons. The zero-order valence-electron chi connectivity index (χ0n) is 11.9. The number of hydrogen-bond donors (Lipinski definition) is 1. The van der Waals surface area contributed by atoms with Crippen LogP contribution >= 0.6 is 0 Å². The van der Waals surface area contributed by atoms with Gasteiger partial charge in [-0.25, -0.2) is 0 Å². The Bertz CT molecular complexity index is 392. The zero-order chi connectivity index (χ0) is 13.8. The van der Waals surface area contributed by atoms with Crippen molar-refractivity contribution in [2.24, 2.45) is 5.92 Å². The molecule has 0 spiro atoms. The van der Waals surface area contributed by atoms with Gasteiger partial charge in [-0.05, 0) is 36.8 Å². The van der Waals surface area contributed by atoms with E-state index in [-0.39, 0.29) is 0 Å². The minimum absolute atomic E-state index is 0.362. The molecule has 0 aliphatic rings. The Kier molecular flexibility index (Phi) is 4.94. The smallest absolute Gasteiger partial charge is 0.313 e. The zero-order valence-corrected chi connectivity index (χ0v) is 11.9. The van der Waals surface area contributed by atoms with Gasteiger partial charge in [0.05, 0.1) is 5.41 Å². The molecule has 0 fully saturated rings. The second-order valence-corrected chi connectivity index (χ2v) is 5.68. The summed E-state index contributed by atoms with van der Waals surface area (Å²) in [5.74, 6) is -0.374. The summed E-state index contributed by atoms with van der Waals surface area (Å²) in [4.78, 5) is 11.6. The van der Waals surface area contributed by atoms with Crippen LogP contribution in [0.2, 0.25) is 0 Å². The van der Waals surface area contributed by atoms with Crippen molar-refractivity contribution in [3.05, 3.63) is 35.4 Å². The lowest BCUT2D eigenvalue weighted by Gasteiger charge is -2.27. The minimum Gasteiger partial charge on any atom is -0.481 e. The summed E-state index contributed by atoms with van der Waals surface area (Å²) in [5, 5.41) is 9.51. The van der Waals surface area contributed by atoms with E-state index in [1.165, 1.54) is 5.56 Å². The molecule has 1 N–H and O–H groups in total. The normalized spacial score (nSPS) is 14.5. The minimum atomic E-state index is -0.779. The molecular formula is C16H24O2. The molecule has 2 heteroatoms. The fourth-order valence-electron chi connectivity index (χ4n) is 2.47. The van der Waals surface area contributed by atoms with Crippen LogP contribution in [-0.2, 0) is 16.6 Å². The van der Waals surface area contributed by atoms with Gasteiger partial charge >= 0.3 is 5.97 Å². The van der Waals surface area contributed by atoms with Gasteiger partial charge in [-0.1, -0.05) is 51.5 Å². The molecule has 18 heavy (non-hydrogen) atoms. The van der Waals surface area contributed by atoms with E-state index in [4.69, 9.17) is 0 Å². The van der Waals surface area contributed by atoms with E-state index in [0.29, 0.717) is 12.3 Å². The summed E-state index contributed by atoms with van der Waals surface area (Å²) in [7, 11) is 0. The van der Waals surface area contributed by atoms with Crippen molar-refractivity contribution in [3.63, 3.8) is 0 Å². The molecule has 1 rings (SSSR count). The van der Waals surface area contributed by atoms with Crippen molar-refractivity contribution in [1.29, 1.82) is 0 Å². The monoisotopic (exact) mass is 248 g/mol. The highest BCUT2D eigenvalue weighted by Crippen LogP contribution is 2.31. The van der Waals surface area contributed by atoms with E-state index >= 15 is 0 Å². The van der Waals surface area contributed by atoms with Gasteiger partial charge in [0.2, 0.25) is 0 Å². The lowest BCUT2D eigenvalue weighted by molar-refractivity contribution is -0.143. The van der Waals surface area contributed by atoms with Crippen molar-refractivity contribution in [2.45, 2.75) is 52.4 Å². The largest absolute Gasteiger partial charge is 0.481 e. The van der Waals surface area contributed by atoms with Gasteiger partial charge in [-0.15, -0.1) is 0 Å². The Hall–Kier alpha value is -1.31. The molecule has 0 bridgehead atoms. The average molecular weight is 248 g/mol. The Morgan fingerprint density at radius 2 is 1.83 bits per heavy atom. The van der Waals surface area contributed by atoms with Gasteiger partial charge in [-0.3, -0.25) is 4.79 Å². The van der Waals surface area contributed by atoms with Crippen LogP contribution in [0.15, 0.2) is 24.3 Å². The lowest BCUT2D eigenvalue weighted by Crippen LogP contribution is -2.33. The predicted octanol–water partition coefficient (Wildman–Crippen LogP) is 4.03. The van der Waals surface area contributed by atoms with Gasteiger partial charge < -0.3 is 5.11 Å². The van der Waals surface area contributed by atoms with Gasteiger partial charge in [-0.2, -0.15) is 0 Å². The Morgan fingerprint density at radius 3 is 2.22 bits per heavy atom. The molecule has 0 heterocycles. The molecule has 1 atom stereocenters. The third-order valence-corrected chi connectivity index (χ3v) is 3.42. The van der Waals surface area contributed by atoms with E-state index in [2.05, 4.69) is 32.9 Å². The first kappa shape index (κ1) is 14.7. The maximum Gasteiger partial charge on any atom is 0.313 e. The maximum absolute atomic E-state index is 11.6. The van der Waals surface area contributed by atoms with E-state index in [1.54, 1.807) is 0 Å². The standard InChI is InChI=1S/C16H24O2/c1-5-6-13-7-9-14(10-8-13)16(4,15(17)18)11-12(2)3/h7-10,12H,5-6,11H2,1-4H3,(H,17,18). The van der Waals surface area contributed by atoms with E-state index < -0.39 is 11.4 Å². The number of aryl methyl sites for hydroxylation is 1. The van der Waals surface area contributed by atoms with Gasteiger partial charge in [0.1, 0.15) is 0 Å². The third kappa shape index (κ3) is 3.34. The SMILES string of the molecule is CCCc1ccc(C(C)(CC(C)C)C(=O)O)cc1. The fraction of sp³-hybridized carbons (Fsp3) is 0.562. The van der Waals surface area contributed by atoms with Crippen molar-refractivity contribution in [3.8, 4) is 0 Å². The van der Waals surface area contributed by atoms with Crippen LogP contribution in [0.3, 0.4) is 0 Å². The number of carboxylic acid groups (broad SMARTS) is 1. The molecule has 0 aliphatic heterocycles. The highest BCUT2D eigenvalue weighted by molar-refractivity contribution is 5.80. The summed E-state index contributed by atoms with van der Waals surface area (Å²) in [6.07, 6.45) is 2.82.